The Balaban J connectivity index is 0.000000531. The predicted molar refractivity (Wildman–Crippen MR) is 67.2 cm³/mol. The molecule has 2 saturated heterocycles. The summed E-state index contributed by atoms with van der Waals surface area (Å²) in [7, 11) is 4.53. The Morgan fingerprint density at radius 3 is 1.93 bits per heavy atom. The lowest BCUT2D eigenvalue weighted by molar-refractivity contribution is 0.0425. The van der Waals surface area contributed by atoms with Crippen LogP contribution in [0.4, 0.5) is 0 Å². The molecule has 0 atom stereocenters. The van der Waals surface area contributed by atoms with Gasteiger partial charge >= 0.3 is 0 Å². The molecule has 0 unspecified atom stereocenters. The van der Waals surface area contributed by atoms with Crippen molar-refractivity contribution in [3.8, 4) is 0 Å². The molecular formula is C13H28N2. The van der Waals surface area contributed by atoms with Gasteiger partial charge in [0.15, 0.2) is 0 Å². The summed E-state index contributed by atoms with van der Waals surface area (Å²) in [5, 5.41) is 0. The van der Waals surface area contributed by atoms with E-state index in [0.29, 0.717) is 5.41 Å². The first kappa shape index (κ1) is 13.0. The minimum atomic E-state index is 0.694. The highest BCUT2D eigenvalue weighted by Gasteiger charge is 2.36. The van der Waals surface area contributed by atoms with Crippen molar-refractivity contribution < 1.29 is 0 Å². The van der Waals surface area contributed by atoms with Crippen LogP contribution in [0.3, 0.4) is 0 Å². The average Bonchev–Trinajstić information content (AvgIpc) is 2.26. The van der Waals surface area contributed by atoms with E-state index in [2.05, 4.69) is 23.9 Å². The van der Waals surface area contributed by atoms with E-state index in [4.69, 9.17) is 0 Å². The molecule has 2 heteroatoms. The topological polar surface area (TPSA) is 6.48 Å². The monoisotopic (exact) mass is 212 g/mol. The van der Waals surface area contributed by atoms with Gasteiger partial charge in [-0.2, -0.15) is 0 Å². The zero-order valence-corrected chi connectivity index (χ0v) is 11.1. The van der Waals surface area contributed by atoms with Crippen LogP contribution in [0.5, 0.6) is 0 Å². The third-order valence-electron chi connectivity index (χ3n) is 3.90. The van der Waals surface area contributed by atoms with Crippen molar-refractivity contribution in [2.45, 2.75) is 39.5 Å². The number of rotatable bonds is 0. The van der Waals surface area contributed by atoms with Gasteiger partial charge in [-0.1, -0.05) is 13.8 Å². The molecular weight excluding hydrogens is 184 g/mol. The van der Waals surface area contributed by atoms with Crippen molar-refractivity contribution in [1.82, 2.24) is 9.80 Å². The van der Waals surface area contributed by atoms with Crippen molar-refractivity contribution in [3.63, 3.8) is 0 Å². The van der Waals surface area contributed by atoms with E-state index in [1.807, 2.05) is 13.8 Å². The summed E-state index contributed by atoms with van der Waals surface area (Å²) in [6, 6.07) is 0. The van der Waals surface area contributed by atoms with Crippen LogP contribution < -0.4 is 0 Å². The van der Waals surface area contributed by atoms with E-state index < -0.39 is 0 Å². The van der Waals surface area contributed by atoms with E-state index in [1.54, 1.807) is 0 Å². The Labute approximate surface area is 95.6 Å². The van der Waals surface area contributed by atoms with Gasteiger partial charge in [-0.25, -0.2) is 0 Å². The SMILES string of the molecule is CC.CN1CCC2(CCCN(C)C2)CC1. The summed E-state index contributed by atoms with van der Waals surface area (Å²) >= 11 is 0. The second-order valence-corrected chi connectivity index (χ2v) is 5.14. The van der Waals surface area contributed by atoms with Crippen molar-refractivity contribution in [2.24, 2.45) is 5.41 Å². The van der Waals surface area contributed by atoms with E-state index in [0.717, 1.165) is 0 Å². The van der Waals surface area contributed by atoms with Crippen molar-refractivity contribution in [2.75, 3.05) is 40.3 Å². The van der Waals surface area contributed by atoms with Crippen LogP contribution in [0.25, 0.3) is 0 Å². The van der Waals surface area contributed by atoms with Crippen LogP contribution in [-0.2, 0) is 0 Å². The Bertz CT molecular complexity index is 171. The largest absolute Gasteiger partial charge is 0.306 e. The highest BCUT2D eigenvalue weighted by molar-refractivity contribution is 4.90. The van der Waals surface area contributed by atoms with Crippen molar-refractivity contribution >= 4 is 0 Å². The van der Waals surface area contributed by atoms with Gasteiger partial charge < -0.3 is 9.80 Å². The zero-order chi connectivity index (χ0) is 11.3. The van der Waals surface area contributed by atoms with Crippen LogP contribution in [0, 0.1) is 5.41 Å². The van der Waals surface area contributed by atoms with Gasteiger partial charge in [-0.05, 0) is 64.8 Å². The van der Waals surface area contributed by atoms with E-state index in [-0.39, 0.29) is 0 Å². The third-order valence-corrected chi connectivity index (χ3v) is 3.90. The average molecular weight is 212 g/mol. The molecule has 2 fully saturated rings. The number of nitrogens with zero attached hydrogens (tertiary/aromatic N) is 2. The number of hydrogen-bond donors (Lipinski definition) is 0. The highest BCUT2D eigenvalue weighted by atomic mass is 15.1. The molecule has 2 nitrogen and oxygen atoms in total. The molecule has 0 radical (unpaired) electrons. The minimum absolute atomic E-state index is 0.694. The number of hydrogen-bond acceptors (Lipinski definition) is 2. The van der Waals surface area contributed by atoms with Gasteiger partial charge in [-0.15, -0.1) is 0 Å². The molecule has 0 bridgehead atoms. The number of piperidine rings is 2. The standard InChI is InChI=1S/C11H22N2.C2H6/c1-12-8-5-11(6-9-12)4-3-7-13(2)10-11;1-2/h3-10H2,1-2H3;1-2H3. The molecule has 2 aliphatic heterocycles. The van der Waals surface area contributed by atoms with Gasteiger partial charge in [0, 0.05) is 6.54 Å². The number of likely N-dealkylation sites (tertiary alicyclic amines) is 2. The summed E-state index contributed by atoms with van der Waals surface area (Å²) in [5.74, 6) is 0. The minimum Gasteiger partial charge on any atom is -0.306 e. The summed E-state index contributed by atoms with van der Waals surface area (Å²) in [6.45, 7) is 9.29. The predicted octanol–water partition coefficient (Wildman–Crippen LogP) is 2.45. The smallest absolute Gasteiger partial charge is 0.00359 e. The van der Waals surface area contributed by atoms with Crippen molar-refractivity contribution in [3.05, 3.63) is 0 Å². The van der Waals surface area contributed by atoms with Gasteiger partial charge in [0.05, 0.1) is 0 Å². The third kappa shape index (κ3) is 3.46. The molecule has 0 aromatic carbocycles. The fraction of sp³-hybridized carbons (Fsp3) is 1.00. The Morgan fingerprint density at radius 1 is 0.800 bits per heavy atom. The first-order chi connectivity index (χ1) is 7.20. The second-order valence-electron chi connectivity index (χ2n) is 5.14. The lowest BCUT2D eigenvalue weighted by atomic mass is 9.73. The van der Waals surface area contributed by atoms with E-state index in [9.17, 15) is 0 Å². The first-order valence-electron chi connectivity index (χ1n) is 6.57. The maximum Gasteiger partial charge on any atom is 0.00359 e. The van der Waals surface area contributed by atoms with Gasteiger partial charge in [-0.3, -0.25) is 0 Å². The van der Waals surface area contributed by atoms with Crippen LogP contribution in [0.1, 0.15) is 39.5 Å². The summed E-state index contributed by atoms with van der Waals surface area (Å²) < 4.78 is 0. The normalized spacial score (nSPS) is 27.2. The molecule has 0 N–H and O–H groups in total. The lowest BCUT2D eigenvalue weighted by Gasteiger charge is -2.46. The fourth-order valence-corrected chi connectivity index (χ4v) is 2.96. The van der Waals surface area contributed by atoms with Gasteiger partial charge in [0.2, 0.25) is 0 Å². The van der Waals surface area contributed by atoms with E-state index in [1.165, 1.54) is 51.9 Å². The molecule has 1 spiro atoms. The second kappa shape index (κ2) is 5.86. The zero-order valence-electron chi connectivity index (χ0n) is 11.1. The van der Waals surface area contributed by atoms with Crippen molar-refractivity contribution in [1.29, 1.82) is 0 Å². The van der Waals surface area contributed by atoms with Crippen LogP contribution in [0.15, 0.2) is 0 Å². The molecule has 15 heavy (non-hydrogen) atoms. The molecule has 0 aliphatic carbocycles. The van der Waals surface area contributed by atoms with Crippen LogP contribution in [-0.4, -0.2) is 50.1 Å². The Hall–Kier alpha value is -0.0800. The quantitative estimate of drug-likeness (QED) is 0.608. The Kier molecular flexibility index (Phi) is 5.07. The summed E-state index contributed by atoms with van der Waals surface area (Å²) in [6.07, 6.45) is 5.74. The maximum absolute atomic E-state index is 2.52. The van der Waals surface area contributed by atoms with Gasteiger partial charge in [0.1, 0.15) is 0 Å². The summed E-state index contributed by atoms with van der Waals surface area (Å²) in [5.41, 5.74) is 0.694. The lowest BCUT2D eigenvalue weighted by Crippen LogP contribution is -2.47. The molecule has 2 rings (SSSR count). The Morgan fingerprint density at radius 2 is 1.40 bits per heavy atom. The molecule has 0 saturated carbocycles. The molecule has 2 aliphatic rings. The summed E-state index contributed by atoms with van der Waals surface area (Å²) in [4.78, 5) is 4.99. The molecule has 90 valence electrons. The molecule has 0 aromatic heterocycles. The highest BCUT2D eigenvalue weighted by Crippen LogP contribution is 2.38. The fourth-order valence-electron chi connectivity index (χ4n) is 2.96. The molecule has 0 aromatic rings. The molecule has 0 amide bonds. The van der Waals surface area contributed by atoms with E-state index >= 15 is 0 Å². The first-order valence-corrected chi connectivity index (χ1v) is 6.57. The molecule has 2 heterocycles. The van der Waals surface area contributed by atoms with Gasteiger partial charge in [0.25, 0.3) is 0 Å². The van der Waals surface area contributed by atoms with Crippen LogP contribution >= 0.6 is 0 Å². The maximum atomic E-state index is 2.52. The van der Waals surface area contributed by atoms with Crippen LogP contribution in [0.2, 0.25) is 0 Å².